The number of nitriles is 1. The van der Waals surface area contributed by atoms with Crippen molar-refractivity contribution in [1.29, 1.82) is 5.26 Å². The molecule has 3 heteroatoms. The minimum Gasteiger partial charge on any atom is -0.494 e. The maximum atomic E-state index is 9.09. The maximum Gasteiger partial charge on any atom is 0.119 e. The SMILES string of the molecule is CCOc1ccc(-c2cc(C)ncc2C#N)cc1. The number of hydrogen-bond donors (Lipinski definition) is 0. The van der Waals surface area contributed by atoms with Gasteiger partial charge in [-0.1, -0.05) is 12.1 Å². The summed E-state index contributed by atoms with van der Waals surface area (Å²) in [6.07, 6.45) is 1.61. The first kappa shape index (κ1) is 12.1. The van der Waals surface area contributed by atoms with Gasteiger partial charge in [0.05, 0.1) is 12.2 Å². The number of pyridine rings is 1. The summed E-state index contributed by atoms with van der Waals surface area (Å²) in [5.74, 6) is 0.838. The van der Waals surface area contributed by atoms with Crippen LogP contribution in [-0.4, -0.2) is 11.6 Å². The van der Waals surface area contributed by atoms with Crippen LogP contribution in [0.4, 0.5) is 0 Å². The average molecular weight is 238 g/mol. The van der Waals surface area contributed by atoms with E-state index in [1.54, 1.807) is 6.20 Å². The highest BCUT2D eigenvalue weighted by atomic mass is 16.5. The summed E-state index contributed by atoms with van der Waals surface area (Å²) >= 11 is 0. The van der Waals surface area contributed by atoms with Gasteiger partial charge in [0.1, 0.15) is 11.8 Å². The van der Waals surface area contributed by atoms with Crippen LogP contribution in [0.2, 0.25) is 0 Å². The molecule has 0 unspecified atom stereocenters. The van der Waals surface area contributed by atoms with Crippen molar-refractivity contribution >= 4 is 0 Å². The highest BCUT2D eigenvalue weighted by Crippen LogP contribution is 2.25. The minimum absolute atomic E-state index is 0.588. The van der Waals surface area contributed by atoms with Gasteiger partial charge >= 0.3 is 0 Å². The Morgan fingerprint density at radius 1 is 1.28 bits per heavy atom. The van der Waals surface area contributed by atoms with E-state index in [2.05, 4.69) is 11.1 Å². The Kier molecular flexibility index (Phi) is 3.59. The third kappa shape index (κ3) is 2.49. The van der Waals surface area contributed by atoms with Crippen LogP contribution >= 0.6 is 0 Å². The molecule has 0 spiro atoms. The Morgan fingerprint density at radius 2 is 2.00 bits per heavy atom. The second-order valence-corrected chi connectivity index (χ2v) is 3.94. The fourth-order valence-electron chi connectivity index (χ4n) is 1.79. The van der Waals surface area contributed by atoms with Gasteiger partial charge in [-0.2, -0.15) is 5.26 Å². The Labute approximate surface area is 107 Å². The van der Waals surface area contributed by atoms with E-state index in [1.807, 2.05) is 44.2 Å². The van der Waals surface area contributed by atoms with Crippen molar-refractivity contribution in [3.8, 4) is 22.9 Å². The molecule has 0 aliphatic rings. The Morgan fingerprint density at radius 3 is 2.61 bits per heavy atom. The molecule has 0 radical (unpaired) electrons. The second-order valence-electron chi connectivity index (χ2n) is 3.94. The van der Waals surface area contributed by atoms with Gasteiger partial charge in [0.25, 0.3) is 0 Å². The number of hydrogen-bond acceptors (Lipinski definition) is 3. The molecular formula is C15H14N2O. The predicted octanol–water partition coefficient (Wildman–Crippen LogP) is 3.33. The molecule has 0 atom stereocenters. The van der Waals surface area contributed by atoms with E-state index >= 15 is 0 Å². The van der Waals surface area contributed by atoms with E-state index in [-0.39, 0.29) is 0 Å². The number of ether oxygens (including phenoxy) is 1. The smallest absolute Gasteiger partial charge is 0.119 e. The lowest BCUT2D eigenvalue weighted by Crippen LogP contribution is -1.92. The largest absolute Gasteiger partial charge is 0.494 e. The third-order valence-electron chi connectivity index (χ3n) is 2.64. The number of aryl methyl sites for hydroxylation is 1. The molecule has 1 aromatic carbocycles. The molecular weight excluding hydrogens is 224 g/mol. The van der Waals surface area contributed by atoms with Crippen LogP contribution < -0.4 is 4.74 Å². The minimum atomic E-state index is 0.588. The zero-order valence-corrected chi connectivity index (χ0v) is 10.5. The van der Waals surface area contributed by atoms with Gasteiger partial charge in [0.15, 0.2) is 0 Å². The van der Waals surface area contributed by atoms with Gasteiger partial charge in [-0.3, -0.25) is 4.98 Å². The van der Waals surface area contributed by atoms with Crippen LogP contribution in [0.1, 0.15) is 18.2 Å². The summed E-state index contributed by atoms with van der Waals surface area (Å²) in [6.45, 7) is 4.52. The van der Waals surface area contributed by atoms with E-state index < -0.39 is 0 Å². The molecule has 2 rings (SSSR count). The number of benzene rings is 1. The normalized spacial score (nSPS) is 9.83. The molecule has 90 valence electrons. The van der Waals surface area contributed by atoms with Crippen molar-refractivity contribution in [3.05, 3.63) is 47.8 Å². The van der Waals surface area contributed by atoms with E-state index in [4.69, 9.17) is 10.00 Å². The van der Waals surface area contributed by atoms with Crippen molar-refractivity contribution in [1.82, 2.24) is 4.98 Å². The fraction of sp³-hybridized carbons (Fsp3) is 0.200. The van der Waals surface area contributed by atoms with Gasteiger partial charge in [-0.25, -0.2) is 0 Å². The molecule has 0 fully saturated rings. The molecule has 0 aliphatic carbocycles. The van der Waals surface area contributed by atoms with Crippen LogP contribution in [0.25, 0.3) is 11.1 Å². The summed E-state index contributed by atoms with van der Waals surface area (Å²) in [7, 11) is 0. The zero-order valence-electron chi connectivity index (χ0n) is 10.5. The van der Waals surface area contributed by atoms with Crippen LogP contribution in [0.3, 0.4) is 0 Å². The molecule has 1 aromatic heterocycles. The molecule has 18 heavy (non-hydrogen) atoms. The highest BCUT2D eigenvalue weighted by molar-refractivity contribution is 5.70. The first-order valence-electron chi connectivity index (χ1n) is 5.84. The monoisotopic (exact) mass is 238 g/mol. The van der Waals surface area contributed by atoms with E-state index in [0.29, 0.717) is 12.2 Å². The summed E-state index contributed by atoms with van der Waals surface area (Å²) < 4.78 is 5.40. The number of nitrogens with zero attached hydrogens (tertiary/aromatic N) is 2. The summed E-state index contributed by atoms with van der Waals surface area (Å²) in [5.41, 5.74) is 3.40. The standard InChI is InChI=1S/C15H14N2O/c1-3-18-14-6-4-12(5-7-14)15-8-11(2)17-10-13(15)9-16/h4-8,10H,3H2,1-2H3. The van der Waals surface area contributed by atoms with E-state index in [9.17, 15) is 0 Å². The molecule has 2 aromatic rings. The summed E-state index contributed by atoms with van der Waals surface area (Å²) in [4.78, 5) is 4.14. The Balaban J connectivity index is 2.42. The lowest BCUT2D eigenvalue weighted by atomic mass is 10.0. The molecule has 0 amide bonds. The van der Waals surface area contributed by atoms with Crippen LogP contribution in [0.15, 0.2) is 36.5 Å². The van der Waals surface area contributed by atoms with E-state index in [1.165, 1.54) is 0 Å². The Bertz CT molecular complexity index is 582. The molecule has 0 bridgehead atoms. The highest BCUT2D eigenvalue weighted by Gasteiger charge is 2.06. The second kappa shape index (κ2) is 5.33. The topological polar surface area (TPSA) is 45.9 Å². The lowest BCUT2D eigenvalue weighted by molar-refractivity contribution is 0.340. The molecule has 0 saturated heterocycles. The zero-order chi connectivity index (χ0) is 13.0. The van der Waals surface area contributed by atoms with Crippen molar-refractivity contribution in [2.45, 2.75) is 13.8 Å². The van der Waals surface area contributed by atoms with Crippen LogP contribution in [0.5, 0.6) is 5.75 Å². The first-order valence-corrected chi connectivity index (χ1v) is 5.84. The summed E-state index contributed by atoms with van der Waals surface area (Å²) in [5, 5.41) is 9.09. The number of rotatable bonds is 3. The van der Waals surface area contributed by atoms with E-state index in [0.717, 1.165) is 22.6 Å². The molecule has 1 heterocycles. The Hall–Kier alpha value is -2.34. The fourth-order valence-corrected chi connectivity index (χ4v) is 1.79. The molecule has 3 nitrogen and oxygen atoms in total. The van der Waals surface area contributed by atoms with Gasteiger partial charge in [0, 0.05) is 17.5 Å². The van der Waals surface area contributed by atoms with Crippen LogP contribution in [-0.2, 0) is 0 Å². The molecule has 0 saturated carbocycles. The quantitative estimate of drug-likeness (QED) is 0.824. The van der Waals surface area contributed by atoms with Crippen molar-refractivity contribution in [2.24, 2.45) is 0 Å². The third-order valence-corrected chi connectivity index (χ3v) is 2.64. The average Bonchev–Trinajstić information content (AvgIpc) is 2.40. The van der Waals surface area contributed by atoms with Gasteiger partial charge in [-0.15, -0.1) is 0 Å². The van der Waals surface area contributed by atoms with Gasteiger partial charge < -0.3 is 4.74 Å². The number of aromatic nitrogens is 1. The van der Waals surface area contributed by atoms with Crippen molar-refractivity contribution in [3.63, 3.8) is 0 Å². The van der Waals surface area contributed by atoms with Gasteiger partial charge in [0.2, 0.25) is 0 Å². The lowest BCUT2D eigenvalue weighted by Gasteiger charge is -2.07. The molecule has 0 aliphatic heterocycles. The predicted molar refractivity (Wildman–Crippen MR) is 70.3 cm³/mol. The maximum absolute atomic E-state index is 9.09. The summed E-state index contributed by atoms with van der Waals surface area (Å²) in [6, 6.07) is 11.8. The van der Waals surface area contributed by atoms with Crippen molar-refractivity contribution < 1.29 is 4.74 Å². The molecule has 0 N–H and O–H groups in total. The first-order chi connectivity index (χ1) is 8.74. The van der Waals surface area contributed by atoms with Crippen LogP contribution in [0, 0.1) is 18.3 Å². The van der Waals surface area contributed by atoms with Gasteiger partial charge in [-0.05, 0) is 37.6 Å². The van der Waals surface area contributed by atoms with Crippen molar-refractivity contribution in [2.75, 3.05) is 6.61 Å².